The van der Waals surface area contributed by atoms with Gasteiger partial charge in [-0.2, -0.15) is 0 Å². The third-order valence-electron chi connectivity index (χ3n) is 4.18. The smallest absolute Gasteiger partial charge is 0.125 e. The molecule has 0 radical (unpaired) electrons. The fraction of sp³-hybridized carbons (Fsp3) is 1.00. The molecule has 0 bridgehead atoms. The third kappa shape index (κ3) is 39.8. The SMILES string of the molecule is CC(C)(C[NH2+]CC[NH3+])C[NH2+]CC[NH2+]CC(C)(C)C[NH2+]CC[NH3+].O.O.[Cl-].[Cl-].[Cl-].[Cl-].[Cl-].[Cl-]. The van der Waals surface area contributed by atoms with Crippen molar-refractivity contribution in [3.63, 3.8) is 0 Å². The summed E-state index contributed by atoms with van der Waals surface area (Å²) >= 11 is 0. The second-order valence-electron chi connectivity index (χ2n) is 8.16. The minimum atomic E-state index is 0. The summed E-state index contributed by atoms with van der Waals surface area (Å²) in [6.07, 6.45) is 0. The predicted octanol–water partition coefficient (Wildman–Crippen LogP) is -25.8. The summed E-state index contributed by atoms with van der Waals surface area (Å²) in [6, 6.07) is 0. The van der Waals surface area contributed by atoms with Crippen LogP contribution in [0.4, 0.5) is 0 Å². The molecular formula is C16H50Cl6N6O2. The van der Waals surface area contributed by atoms with E-state index >= 15 is 0 Å². The molecule has 0 rings (SSSR count). The lowest BCUT2D eigenvalue weighted by Gasteiger charge is -2.21. The zero-order valence-corrected chi connectivity index (χ0v) is 23.6. The second kappa shape index (κ2) is 35.0. The molecule has 0 fully saturated rings. The first kappa shape index (κ1) is 57.8. The summed E-state index contributed by atoms with van der Waals surface area (Å²) in [4.78, 5) is 0. The first-order valence-corrected chi connectivity index (χ1v) is 9.18. The third-order valence-corrected chi connectivity index (χ3v) is 4.18. The maximum Gasteiger partial charge on any atom is 0.125 e. The molecule has 0 aliphatic heterocycles. The molecule has 0 unspecified atom stereocenters. The van der Waals surface area contributed by atoms with Crippen molar-refractivity contribution < 1.29 is 118 Å². The number of quaternary nitrogens is 6. The monoisotopic (exact) mass is 568 g/mol. The standard InChI is InChI=1S/C16H40N6.6ClH.2H2O/c1-15(2,11-19-7-5-17)13-21-9-10-22-14-16(3,4)12-20-8-6-18;;;;;;;;/h19-22H,5-14,17-18H2,1-4H3;6*1H;2*1H2. The Balaban J connectivity index is -0.0000000787. The summed E-state index contributed by atoms with van der Waals surface area (Å²) in [5.41, 5.74) is 8.62. The molecule has 0 aromatic rings. The molecule has 0 saturated heterocycles. The highest BCUT2D eigenvalue weighted by atomic mass is 35.5. The van der Waals surface area contributed by atoms with E-state index in [2.05, 4.69) is 60.4 Å². The van der Waals surface area contributed by atoms with E-state index in [1.54, 1.807) is 0 Å². The second-order valence-corrected chi connectivity index (χ2v) is 8.16. The Hall–Kier alpha value is 1.42. The lowest BCUT2D eigenvalue weighted by molar-refractivity contribution is -0.745. The summed E-state index contributed by atoms with van der Waals surface area (Å²) in [5, 5.41) is 9.77. The fourth-order valence-electron chi connectivity index (χ4n) is 2.66. The van der Waals surface area contributed by atoms with Gasteiger partial charge in [0.15, 0.2) is 0 Å². The molecule has 30 heavy (non-hydrogen) atoms. The largest absolute Gasteiger partial charge is 1.00 e. The topological polar surface area (TPSA) is 185 Å². The summed E-state index contributed by atoms with van der Waals surface area (Å²) in [6.45, 7) is 21.1. The van der Waals surface area contributed by atoms with E-state index in [-0.39, 0.29) is 85.4 Å². The van der Waals surface area contributed by atoms with Gasteiger partial charge in [0.1, 0.15) is 39.3 Å². The molecule has 0 amide bonds. The van der Waals surface area contributed by atoms with E-state index in [0.29, 0.717) is 10.8 Å². The van der Waals surface area contributed by atoms with E-state index in [4.69, 9.17) is 0 Å². The van der Waals surface area contributed by atoms with Crippen molar-refractivity contribution in [2.45, 2.75) is 27.7 Å². The number of hydrogen-bond donors (Lipinski definition) is 6. The molecule has 0 aromatic carbocycles. The fourth-order valence-corrected chi connectivity index (χ4v) is 2.66. The number of hydrogen-bond acceptors (Lipinski definition) is 0. The van der Waals surface area contributed by atoms with Crippen molar-refractivity contribution in [3.8, 4) is 0 Å². The molecule has 18 N–H and O–H groups in total. The zero-order chi connectivity index (χ0) is 16.9. The van der Waals surface area contributed by atoms with Crippen LogP contribution in [0.25, 0.3) is 0 Å². The average Bonchev–Trinajstić information content (AvgIpc) is 2.43. The minimum absolute atomic E-state index is 0. The van der Waals surface area contributed by atoms with Gasteiger partial charge in [0, 0.05) is 0 Å². The molecule has 8 nitrogen and oxygen atoms in total. The molecule has 0 atom stereocenters. The van der Waals surface area contributed by atoms with Gasteiger partial charge in [-0.1, -0.05) is 0 Å². The highest BCUT2D eigenvalue weighted by molar-refractivity contribution is 4.64. The summed E-state index contributed by atoms with van der Waals surface area (Å²) in [7, 11) is 0. The van der Waals surface area contributed by atoms with Crippen LogP contribution in [0.3, 0.4) is 0 Å². The molecule has 0 aliphatic carbocycles. The normalized spacial score (nSPS) is 9.40. The van der Waals surface area contributed by atoms with Crippen LogP contribution < -0.4 is 107 Å². The molecule has 198 valence electrons. The van der Waals surface area contributed by atoms with Gasteiger partial charge in [-0.05, 0) is 27.7 Å². The van der Waals surface area contributed by atoms with Crippen molar-refractivity contribution in [2.75, 3.05) is 65.4 Å². The molecule has 0 saturated carbocycles. The van der Waals surface area contributed by atoms with Gasteiger partial charge in [0.2, 0.25) is 0 Å². The van der Waals surface area contributed by atoms with E-state index in [1.807, 2.05) is 0 Å². The van der Waals surface area contributed by atoms with Gasteiger partial charge < -0.3 is 118 Å². The Morgan fingerprint density at radius 1 is 0.467 bits per heavy atom. The van der Waals surface area contributed by atoms with Crippen LogP contribution in [0.5, 0.6) is 0 Å². The van der Waals surface area contributed by atoms with Gasteiger partial charge in [0.05, 0.1) is 37.0 Å². The van der Waals surface area contributed by atoms with Gasteiger partial charge in [-0.3, -0.25) is 0 Å². The zero-order valence-electron chi connectivity index (χ0n) is 19.1. The van der Waals surface area contributed by atoms with E-state index in [1.165, 1.54) is 39.3 Å². The van der Waals surface area contributed by atoms with Crippen molar-refractivity contribution in [1.82, 2.24) is 0 Å². The maximum absolute atomic E-state index is 3.90. The number of halogens is 6. The molecule has 14 heteroatoms. The van der Waals surface area contributed by atoms with Crippen LogP contribution in [-0.2, 0) is 0 Å². The molecule has 0 heterocycles. The Morgan fingerprint density at radius 3 is 0.867 bits per heavy atom. The van der Waals surface area contributed by atoms with Crippen LogP contribution in [-0.4, -0.2) is 76.4 Å². The Labute approximate surface area is 221 Å². The van der Waals surface area contributed by atoms with Gasteiger partial charge in [0.25, 0.3) is 0 Å². The van der Waals surface area contributed by atoms with Crippen molar-refractivity contribution in [1.29, 1.82) is 0 Å². The number of rotatable bonds is 15. The van der Waals surface area contributed by atoms with Crippen LogP contribution >= 0.6 is 0 Å². The summed E-state index contributed by atoms with van der Waals surface area (Å²) in [5.74, 6) is 0. The lowest BCUT2D eigenvalue weighted by Crippen LogP contribution is -3.00. The average molecular weight is 571 g/mol. The minimum Gasteiger partial charge on any atom is -1.00 e. The molecule has 0 spiro atoms. The predicted molar refractivity (Wildman–Crippen MR) is 96.9 cm³/mol. The summed E-state index contributed by atoms with van der Waals surface area (Å²) < 4.78 is 0. The molecular weight excluding hydrogens is 521 g/mol. The van der Waals surface area contributed by atoms with Crippen LogP contribution in [0, 0.1) is 10.8 Å². The van der Waals surface area contributed by atoms with Gasteiger partial charge in [-0.15, -0.1) is 0 Å². The van der Waals surface area contributed by atoms with Crippen molar-refractivity contribution in [2.24, 2.45) is 10.8 Å². The number of nitrogens with two attached hydrogens (primary N) is 4. The van der Waals surface area contributed by atoms with Gasteiger partial charge >= 0.3 is 0 Å². The van der Waals surface area contributed by atoms with E-state index in [9.17, 15) is 0 Å². The first-order valence-electron chi connectivity index (χ1n) is 9.18. The van der Waals surface area contributed by atoms with Crippen LogP contribution in [0.15, 0.2) is 0 Å². The van der Waals surface area contributed by atoms with Crippen molar-refractivity contribution >= 4 is 0 Å². The maximum atomic E-state index is 3.90. The van der Waals surface area contributed by atoms with Crippen LogP contribution in [0.2, 0.25) is 0 Å². The highest BCUT2D eigenvalue weighted by Gasteiger charge is 2.23. The van der Waals surface area contributed by atoms with Crippen molar-refractivity contribution in [3.05, 3.63) is 0 Å². The Bertz CT molecular complexity index is 261. The Kier molecular flexibility index (Phi) is 67.5. The lowest BCUT2D eigenvalue weighted by atomic mass is 9.93. The Morgan fingerprint density at radius 2 is 0.667 bits per heavy atom. The quantitative estimate of drug-likeness (QED) is 0.102. The van der Waals surface area contributed by atoms with Crippen LogP contribution in [0.1, 0.15) is 27.7 Å². The van der Waals surface area contributed by atoms with E-state index < -0.39 is 0 Å². The molecule has 0 aromatic heterocycles. The first-order chi connectivity index (χ1) is 10.3. The highest BCUT2D eigenvalue weighted by Crippen LogP contribution is 2.07. The van der Waals surface area contributed by atoms with E-state index in [0.717, 1.165) is 26.2 Å². The van der Waals surface area contributed by atoms with Gasteiger partial charge in [-0.25, -0.2) is 0 Å². The molecule has 0 aliphatic rings.